The summed E-state index contributed by atoms with van der Waals surface area (Å²) in [7, 11) is 3.18. The molecule has 3 aromatic carbocycles. The molecule has 4 heterocycles. The number of hydrogen-bond acceptors (Lipinski definition) is 14. The Morgan fingerprint density at radius 2 is 1.30 bits per heavy atom. The van der Waals surface area contributed by atoms with Crippen molar-refractivity contribution in [3.05, 3.63) is 161 Å². The van der Waals surface area contributed by atoms with E-state index in [0.717, 1.165) is 40.6 Å². The van der Waals surface area contributed by atoms with Crippen molar-refractivity contribution in [2.24, 2.45) is 0 Å². The fourth-order valence-corrected chi connectivity index (χ4v) is 11.9. The molecule has 7 atom stereocenters. The lowest BCUT2D eigenvalue weighted by Gasteiger charge is -2.39. The second-order valence-electron chi connectivity index (χ2n) is 15.5. The fraction of sp³-hybridized carbons (Fsp3) is 0.422. The van der Waals surface area contributed by atoms with Gasteiger partial charge >= 0.3 is 18.2 Å². The SMILES string of the molecule is [3H]SCCCSP(=O)(OC[C@H]1O[C@@H](n2cc(C)c(=O)[nH]c2=O)CC1OC(c1ccccc1)(c1ccc(OC)cc1)c1ccc(OC)cc1)OC1C[C@H](n2cc(C)c(=O)[nH]c2=O)O[C@@H]1CC. The monoisotopic (exact) mass is 938 g/mol. The van der Waals surface area contributed by atoms with Crippen LogP contribution in [0, 0.1) is 13.8 Å². The van der Waals surface area contributed by atoms with Gasteiger partial charge in [0.1, 0.15) is 36.8 Å². The van der Waals surface area contributed by atoms with Crippen LogP contribution in [0.1, 0.15) is 72.9 Å². The first-order valence-corrected chi connectivity index (χ1v) is 24.7. The third-order valence-electron chi connectivity index (χ3n) is 11.4. The molecule has 64 heavy (non-hydrogen) atoms. The van der Waals surface area contributed by atoms with Crippen LogP contribution in [-0.4, -0.2) is 77.0 Å². The van der Waals surface area contributed by atoms with Crippen molar-refractivity contribution >= 4 is 30.7 Å². The molecule has 0 aliphatic carbocycles. The smallest absolute Gasteiger partial charge is 0.389 e. The topological polar surface area (TPSA) is 191 Å². The molecule has 2 aliphatic heterocycles. The highest BCUT2D eigenvalue weighted by molar-refractivity contribution is 8.55. The number of benzene rings is 3. The molecule has 0 saturated carbocycles. The molecule has 7 rings (SSSR count). The molecule has 0 bridgehead atoms. The zero-order valence-electron chi connectivity index (χ0n) is 37.1. The Kier molecular flexibility index (Phi) is 14.8. The van der Waals surface area contributed by atoms with Gasteiger partial charge < -0.3 is 23.7 Å². The number of aryl methyl sites for hydroxylation is 2. The lowest BCUT2D eigenvalue weighted by atomic mass is 9.79. The lowest BCUT2D eigenvalue weighted by Crippen LogP contribution is -2.41. The number of ether oxygens (including phenoxy) is 5. The van der Waals surface area contributed by atoms with Crippen molar-refractivity contribution in [3.8, 4) is 11.5 Å². The van der Waals surface area contributed by atoms with E-state index in [0.29, 0.717) is 47.0 Å². The van der Waals surface area contributed by atoms with Crippen molar-refractivity contribution in [1.29, 1.82) is 1.12 Å². The first kappa shape index (κ1) is 45.9. The predicted molar refractivity (Wildman–Crippen MR) is 246 cm³/mol. The number of H-pyrrole nitrogens is 2. The van der Waals surface area contributed by atoms with E-state index in [1.807, 2.05) is 85.8 Å². The van der Waals surface area contributed by atoms with Crippen LogP contribution < -0.4 is 32.0 Å². The molecule has 342 valence electrons. The van der Waals surface area contributed by atoms with E-state index in [9.17, 15) is 19.2 Å². The van der Waals surface area contributed by atoms with E-state index in [-0.39, 0.29) is 19.4 Å². The number of nitrogens with zero attached hydrogens (tertiary/aromatic N) is 2. The number of aromatic nitrogens is 4. The molecular formula is C45H53N4O12PS2. The van der Waals surface area contributed by atoms with Crippen molar-refractivity contribution in [2.75, 3.05) is 32.3 Å². The summed E-state index contributed by atoms with van der Waals surface area (Å²) in [4.78, 5) is 55.6. The highest BCUT2D eigenvalue weighted by Gasteiger charge is 2.48. The Morgan fingerprint density at radius 3 is 1.81 bits per heavy atom. The molecule has 16 nitrogen and oxygen atoms in total. The summed E-state index contributed by atoms with van der Waals surface area (Å²) in [5.74, 6) is 2.09. The van der Waals surface area contributed by atoms with Gasteiger partial charge in [-0.2, -0.15) is 12.5 Å². The first-order chi connectivity index (χ1) is 31.3. The maximum Gasteiger partial charge on any atom is 0.389 e. The minimum absolute atomic E-state index is 0.0999. The Bertz CT molecular complexity index is 2630. The average Bonchev–Trinajstić information content (AvgIpc) is 3.92. The van der Waals surface area contributed by atoms with Crippen LogP contribution in [0.2, 0.25) is 0 Å². The van der Waals surface area contributed by atoms with Gasteiger partial charge in [0.25, 0.3) is 11.1 Å². The summed E-state index contributed by atoms with van der Waals surface area (Å²) < 4.78 is 69.6. The fourth-order valence-electron chi connectivity index (χ4n) is 8.01. The minimum atomic E-state index is -4.10. The zero-order valence-corrected chi connectivity index (χ0v) is 38.7. The van der Waals surface area contributed by atoms with Gasteiger partial charge in [0, 0.05) is 42.1 Å². The van der Waals surface area contributed by atoms with Gasteiger partial charge in [0.15, 0.2) is 0 Å². The van der Waals surface area contributed by atoms with Gasteiger partial charge in [-0.3, -0.25) is 37.7 Å². The third-order valence-corrected chi connectivity index (χ3v) is 15.5. The zero-order chi connectivity index (χ0) is 46.3. The minimum Gasteiger partial charge on any atom is -0.497 e. The molecule has 2 aromatic heterocycles. The largest absolute Gasteiger partial charge is 0.497 e. The number of rotatable bonds is 20. The molecule has 2 fully saturated rings. The Balaban J connectivity index is 1.27. The van der Waals surface area contributed by atoms with Crippen LogP contribution in [0.15, 0.2) is 110 Å². The Hall–Kier alpha value is -4.65. The summed E-state index contributed by atoms with van der Waals surface area (Å²) in [6.45, 7) is 0.633. The molecule has 5 aromatic rings. The second-order valence-corrected chi connectivity index (χ2v) is 20.1. The summed E-state index contributed by atoms with van der Waals surface area (Å²) in [5, 5.41) is 0. The molecule has 3 unspecified atom stereocenters. The van der Waals surface area contributed by atoms with Crippen molar-refractivity contribution in [1.82, 2.24) is 19.1 Å². The molecule has 0 radical (unpaired) electrons. The van der Waals surface area contributed by atoms with Gasteiger partial charge in [-0.1, -0.05) is 61.5 Å². The number of methoxy groups -OCH3 is 2. The van der Waals surface area contributed by atoms with Gasteiger partial charge in [0.2, 0.25) is 0 Å². The third kappa shape index (κ3) is 10.2. The first-order valence-electron chi connectivity index (χ1n) is 21.3. The molecule has 19 heteroatoms. The molecule has 0 amide bonds. The average molecular weight is 939 g/mol. The normalized spacial score (nSPS) is 22.2. The van der Waals surface area contributed by atoms with Crippen molar-refractivity contribution < 1.29 is 37.3 Å². The van der Waals surface area contributed by atoms with Gasteiger partial charge in [-0.15, -0.1) is 0 Å². The van der Waals surface area contributed by atoms with Crippen LogP contribution in [0.5, 0.6) is 11.5 Å². The van der Waals surface area contributed by atoms with Crippen LogP contribution in [-0.2, 0) is 33.4 Å². The highest BCUT2D eigenvalue weighted by atomic mass is 32.7. The molecule has 0 spiro atoms. The van der Waals surface area contributed by atoms with E-state index in [1.54, 1.807) is 28.1 Å². The summed E-state index contributed by atoms with van der Waals surface area (Å²) in [5.41, 5.74) is -0.806. The molecule has 2 N–H and O–H groups in total. The highest BCUT2D eigenvalue weighted by Crippen LogP contribution is 2.63. The van der Waals surface area contributed by atoms with Gasteiger partial charge in [-0.25, -0.2) is 14.2 Å². The Labute approximate surface area is 380 Å². The van der Waals surface area contributed by atoms with Crippen molar-refractivity contribution in [3.63, 3.8) is 0 Å². The summed E-state index contributed by atoms with van der Waals surface area (Å²) in [6.07, 6.45) is -0.881. The van der Waals surface area contributed by atoms with Gasteiger partial charge in [0.05, 0.1) is 39.1 Å². The van der Waals surface area contributed by atoms with Crippen LogP contribution in [0.4, 0.5) is 0 Å². The molecule has 2 aliphatic rings. The summed E-state index contributed by atoms with van der Waals surface area (Å²) >= 11 is 1.91. The van der Waals surface area contributed by atoms with E-state index >= 15 is 4.57 Å². The van der Waals surface area contributed by atoms with E-state index in [4.69, 9.17) is 33.9 Å². The quantitative estimate of drug-likeness (QED) is 0.0326. The van der Waals surface area contributed by atoms with Gasteiger partial charge in [-0.05, 0) is 84.8 Å². The molecule has 2 saturated heterocycles. The second kappa shape index (κ2) is 20.7. The maximum absolute atomic E-state index is 15.1. The van der Waals surface area contributed by atoms with Crippen LogP contribution >= 0.6 is 30.7 Å². The summed E-state index contributed by atoms with van der Waals surface area (Å²) in [6, 6.07) is 24.7. The number of aromatic amines is 2. The number of thiol groups is 1. The Morgan fingerprint density at radius 1 is 0.781 bits per heavy atom. The predicted octanol–water partition coefficient (Wildman–Crippen LogP) is 6.65. The van der Waals surface area contributed by atoms with E-state index < -0.39 is 71.8 Å². The van der Waals surface area contributed by atoms with Crippen LogP contribution in [0.3, 0.4) is 0 Å². The van der Waals surface area contributed by atoms with E-state index in [2.05, 4.69) is 9.97 Å². The molecular weight excluding hydrogens is 884 g/mol. The van der Waals surface area contributed by atoms with E-state index in [1.165, 1.54) is 21.5 Å². The van der Waals surface area contributed by atoms with Crippen LogP contribution in [0.25, 0.3) is 0 Å². The standard InChI is InChI=1S/C45H53N4O12PS2/c1-6-35-37(24-40(58-35)49-26-29(3)42(51)47-44(49)53)61-62(54,64-22-10-21-63)57-27-38-36(23-39(59-38)48-25-28(2)41(50)46-43(48)52)60-45(30-11-8-7-9-12-30,31-13-17-33(55-4)18-14-31)32-15-19-34(56-5)20-16-32/h7-9,11-20,25-26,35-40,63H,6,10,21-24,27H2,1-5H3,(H,46,50,52)(H,47,51,53)/t35-,36?,37?,38-,39-,40-,62?/m1/s1/i/hT. The number of hydrogen-bond donors (Lipinski definition) is 3. The van der Waals surface area contributed by atoms with Crippen molar-refractivity contribution in [2.45, 2.75) is 88.9 Å². The number of nitrogens with one attached hydrogen (secondary N) is 2. The maximum atomic E-state index is 15.1. The lowest BCUT2D eigenvalue weighted by molar-refractivity contribution is -0.0976.